The number of carbonyl (C=O) groups is 2. The summed E-state index contributed by atoms with van der Waals surface area (Å²) < 4.78 is 5.25. The van der Waals surface area contributed by atoms with E-state index < -0.39 is 0 Å². The van der Waals surface area contributed by atoms with Gasteiger partial charge in [-0.25, -0.2) is 0 Å². The lowest BCUT2D eigenvalue weighted by Gasteiger charge is -2.30. The highest BCUT2D eigenvalue weighted by atomic mass is 32.2. The number of para-hydroxylation sites is 1. The summed E-state index contributed by atoms with van der Waals surface area (Å²) in [6, 6.07) is 7.95. The van der Waals surface area contributed by atoms with Crippen molar-refractivity contribution >= 4 is 29.3 Å². The van der Waals surface area contributed by atoms with Crippen LogP contribution in [0.4, 0.5) is 5.69 Å². The number of amides is 2. The minimum atomic E-state index is 0.127. The topological polar surface area (TPSA) is 49.9 Å². The third-order valence-electron chi connectivity index (χ3n) is 3.94. The second-order valence-electron chi connectivity index (χ2n) is 5.40. The van der Waals surface area contributed by atoms with Gasteiger partial charge >= 0.3 is 0 Å². The Labute approximate surface area is 134 Å². The Bertz CT molecular complexity index is 558. The number of rotatable bonds is 4. The van der Waals surface area contributed by atoms with Crippen LogP contribution in [-0.4, -0.2) is 55.3 Å². The highest BCUT2D eigenvalue weighted by Crippen LogP contribution is 2.34. The van der Waals surface area contributed by atoms with Crippen molar-refractivity contribution in [2.75, 3.05) is 43.5 Å². The van der Waals surface area contributed by atoms with Gasteiger partial charge in [0.2, 0.25) is 11.8 Å². The van der Waals surface area contributed by atoms with Gasteiger partial charge in [0.05, 0.1) is 24.7 Å². The van der Waals surface area contributed by atoms with E-state index in [2.05, 4.69) is 0 Å². The molecular formula is C16H20N2O3S. The van der Waals surface area contributed by atoms with Crippen molar-refractivity contribution in [3.05, 3.63) is 24.3 Å². The number of nitrogens with zero attached hydrogens (tertiary/aromatic N) is 2. The number of thioether (sulfide) groups is 1. The van der Waals surface area contributed by atoms with Crippen molar-refractivity contribution in [1.82, 2.24) is 4.90 Å². The fraction of sp³-hybridized carbons (Fsp3) is 0.500. The summed E-state index contributed by atoms with van der Waals surface area (Å²) in [5.74, 6) is 0.770. The summed E-state index contributed by atoms with van der Waals surface area (Å²) in [6.07, 6.45) is 1.18. The number of benzene rings is 1. The lowest BCUT2D eigenvalue weighted by atomic mass is 10.2. The largest absolute Gasteiger partial charge is 0.378 e. The zero-order valence-corrected chi connectivity index (χ0v) is 13.3. The van der Waals surface area contributed by atoms with Crippen molar-refractivity contribution in [1.29, 1.82) is 0 Å². The molecule has 5 nitrogen and oxygen atoms in total. The average molecular weight is 320 g/mol. The lowest BCUT2D eigenvalue weighted by Crippen LogP contribution is -2.41. The van der Waals surface area contributed by atoms with Gasteiger partial charge in [0.25, 0.3) is 0 Å². The summed E-state index contributed by atoms with van der Waals surface area (Å²) in [5.41, 5.74) is 0.975. The molecule has 0 atom stereocenters. The third kappa shape index (κ3) is 3.44. The number of carbonyl (C=O) groups excluding carboxylic acids is 2. The monoisotopic (exact) mass is 320 g/mol. The Morgan fingerprint density at radius 1 is 1.23 bits per heavy atom. The van der Waals surface area contributed by atoms with Crippen LogP contribution in [0.5, 0.6) is 0 Å². The van der Waals surface area contributed by atoms with Crippen molar-refractivity contribution < 1.29 is 14.3 Å². The summed E-state index contributed by atoms with van der Waals surface area (Å²) >= 11 is 1.58. The van der Waals surface area contributed by atoms with E-state index in [-0.39, 0.29) is 11.8 Å². The van der Waals surface area contributed by atoms with Gasteiger partial charge in [-0.05, 0) is 18.6 Å². The summed E-state index contributed by atoms with van der Waals surface area (Å²) in [7, 11) is 0. The number of morpholine rings is 1. The highest BCUT2D eigenvalue weighted by Gasteiger charge is 2.24. The van der Waals surface area contributed by atoms with Crippen molar-refractivity contribution in [2.24, 2.45) is 0 Å². The molecule has 0 radical (unpaired) electrons. The van der Waals surface area contributed by atoms with E-state index in [0.29, 0.717) is 51.4 Å². The van der Waals surface area contributed by atoms with E-state index in [0.717, 1.165) is 10.6 Å². The molecule has 0 bridgehead atoms. The summed E-state index contributed by atoms with van der Waals surface area (Å²) in [5, 5.41) is 0. The van der Waals surface area contributed by atoms with Crippen LogP contribution < -0.4 is 4.90 Å². The number of hydrogen-bond donors (Lipinski definition) is 0. The molecule has 3 rings (SSSR count). The van der Waals surface area contributed by atoms with Gasteiger partial charge in [-0.15, -0.1) is 11.8 Å². The van der Waals surface area contributed by atoms with E-state index >= 15 is 0 Å². The molecule has 0 unspecified atom stereocenters. The molecule has 0 aromatic heterocycles. The Kier molecular flexibility index (Phi) is 5.00. The second kappa shape index (κ2) is 7.15. The van der Waals surface area contributed by atoms with Crippen LogP contribution in [0, 0.1) is 0 Å². The van der Waals surface area contributed by atoms with E-state index in [9.17, 15) is 9.59 Å². The molecule has 2 aliphatic rings. The highest BCUT2D eigenvalue weighted by molar-refractivity contribution is 8.00. The Morgan fingerprint density at radius 3 is 2.82 bits per heavy atom. The molecule has 6 heteroatoms. The molecule has 2 aliphatic heterocycles. The van der Waals surface area contributed by atoms with Gasteiger partial charge in [0, 0.05) is 31.0 Å². The molecule has 1 fully saturated rings. The molecule has 1 saturated heterocycles. The van der Waals surface area contributed by atoms with Crippen LogP contribution in [-0.2, 0) is 14.3 Å². The fourth-order valence-corrected chi connectivity index (χ4v) is 3.69. The number of fused-ring (bicyclic) bond motifs is 1. The molecule has 2 amide bonds. The molecule has 0 aliphatic carbocycles. The van der Waals surface area contributed by atoms with Gasteiger partial charge in [0.15, 0.2) is 0 Å². The minimum absolute atomic E-state index is 0.127. The fourth-order valence-electron chi connectivity index (χ4n) is 2.76. The zero-order chi connectivity index (χ0) is 15.4. The quantitative estimate of drug-likeness (QED) is 0.848. The Morgan fingerprint density at radius 2 is 2.00 bits per heavy atom. The second-order valence-corrected chi connectivity index (χ2v) is 6.42. The van der Waals surface area contributed by atoms with E-state index in [4.69, 9.17) is 4.74 Å². The molecule has 2 heterocycles. The first-order valence-electron chi connectivity index (χ1n) is 7.63. The normalized spacial score (nSPS) is 18.3. The predicted molar refractivity (Wildman–Crippen MR) is 86.2 cm³/mol. The average Bonchev–Trinajstić information content (AvgIpc) is 2.57. The van der Waals surface area contributed by atoms with Crippen molar-refractivity contribution in [2.45, 2.75) is 17.7 Å². The number of hydrogen-bond acceptors (Lipinski definition) is 4. The maximum atomic E-state index is 12.1. The van der Waals surface area contributed by atoms with Crippen LogP contribution >= 0.6 is 11.8 Å². The molecule has 0 N–H and O–H groups in total. The number of ether oxygens (including phenoxy) is 1. The molecule has 118 valence electrons. The maximum absolute atomic E-state index is 12.1. The molecule has 0 spiro atoms. The van der Waals surface area contributed by atoms with Crippen LogP contribution in [0.15, 0.2) is 29.2 Å². The predicted octanol–water partition coefficient (Wildman–Crippen LogP) is 1.76. The van der Waals surface area contributed by atoms with Gasteiger partial charge in [-0.1, -0.05) is 12.1 Å². The van der Waals surface area contributed by atoms with Crippen LogP contribution in [0.3, 0.4) is 0 Å². The first-order valence-corrected chi connectivity index (χ1v) is 8.62. The van der Waals surface area contributed by atoms with Crippen molar-refractivity contribution in [3.8, 4) is 0 Å². The standard InChI is InChI=1S/C16H20N2O3S/c19-15(17-8-10-21-11-9-17)6-3-7-18-13-4-1-2-5-14(13)22-12-16(18)20/h1-2,4-5H,3,6-12H2. The van der Waals surface area contributed by atoms with Crippen LogP contribution in [0.1, 0.15) is 12.8 Å². The lowest BCUT2D eigenvalue weighted by molar-refractivity contribution is -0.135. The van der Waals surface area contributed by atoms with Gasteiger partial charge < -0.3 is 14.5 Å². The SMILES string of the molecule is O=C(CCCN1C(=O)CSc2ccccc21)N1CCOCC1. The van der Waals surface area contributed by atoms with Gasteiger partial charge in [-0.2, -0.15) is 0 Å². The molecule has 0 saturated carbocycles. The number of anilines is 1. The van der Waals surface area contributed by atoms with E-state index in [1.165, 1.54) is 0 Å². The molecule has 1 aromatic carbocycles. The smallest absolute Gasteiger partial charge is 0.237 e. The minimum Gasteiger partial charge on any atom is -0.378 e. The van der Waals surface area contributed by atoms with Gasteiger partial charge in [-0.3, -0.25) is 9.59 Å². The Hall–Kier alpha value is -1.53. The third-order valence-corrected chi connectivity index (χ3v) is 4.99. The van der Waals surface area contributed by atoms with Crippen molar-refractivity contribution in [3.63, 3.8) is 0 Å². The van der Waals surface area contributed by atoms with E-state index in [1.807, 2.05) is 34.1 Å². The first kappa shape index (κ1) is 15.4. The van der Waals surface area contributed by atoms with Crippen LogP contribution in [0.2, 0.25) is 0 Å². The van der Waals surface area contributed by atoms with Crippen LogP contribution in [0.25, 0.3) is 0 Å². The van der Waals surface area contributed by atoms with Gasteiger partial charge in [0.1, 0.15) is 0 Å². The molecular weight excluding hydrogens is 300 g/mol. The summed E-state index contributed by atoms with van der Waals surface area (Å²) in [6.45, 7) is 3.22. The zero-order valence-electron chi connectivity index (χ0n) is 12.5. The molecule has 22 heavy (non-hydrogen) atoms. The Balaban J connectivity index is 1.55. The first-order chi connectivity index (χ1) is 10.8. The maximum Gasteiger partial charge on any atom is 0.237 e. The molecule has 1 aromatic rings. The summed E-state index contributed by atoms with van der Waals surface area (Å²) in [4.78, 5) is 29.1. The van der Waals surface area contributed by atoms with E-state index in [1.54, 1.807) is 11.8 Å².